The minimum atomic E-state index is -4.19. The van der Waals surface area contributed by atoms with Gasteiger partial charge in [-0.25, -0.2) is 8.42 Å². The zero-order chi connectivity index (χ0) is 19.0. The molecule has 0 aliphatic heterocycles. The third-order valence-electron chi connectivity index (χ3n) is 4.97. The largest absolute Gasteiger partial charge is 1.00 e. The summed E-state index contributed by atoms with van der Waals surface area (Å²) in [6, 6.07) is 0. The van der Waals surface area contributed by atoms with Gasteiger partial charge in [-0.3, -0.25) is 0 Å². The molecule has 152 valence electrons. The SMILES string of the molecule is CCCCCCCCCCCCC(O)CCCC(CCC)S(=O)(=O)[O-].[Na+]. The van der Waals surface area contributed by atoms with E-state index in [1.54, 1.807) is 0 Å². The van der Waals surface area contributed by atoms with Crippen molar-refractivity contribution < 1.29 is 47.6 Å². The molecule has 0 aromatic carbocycles. The van der Waals surface area contributed by atoms with Gasteiger partial charge >= 0.3 is 29.6 Å². The van der Waals surface area contributed by atoms with Gasteiger partial charge in [-0.15, -0.1) is 0 Å². The van der Waals surface area contributed by atoms with Gasteiger partial charge in [0, 0.05) is 5.25 Å². The summed E-state index contributed by atoms with van der Waals surface area (Å²) in [5.41, 5.74) is 0. The van der Waals surface area contributed by atoms with Crippen LogP contribution in [0.3, 0.4) is 0 Å². The molecule has 4 nitrogen and oxygen atoms in total. The maximum absolute atomic E-state index is 11.1. The van der Waals surface area contributed by atoms with E-state index in [9.17, 15) is 18.1 Å². The first-order chi connectivity index (χ1) is 11.9. The van der Waals surface area contributed by atoms with Gasteiger partial charge in [-0.2, -0.15) is 0 Å². The van der Waals surface area contributed by atoms with Crippen molar-refractivity contribution >= 4 is 10.1 Å². The second-order valence-corrected chi connectivity index (χ2v) is 9.11. The van der Waals surface area contributed by atoms with Gasteiger partial charge in [-0.1, -0.05) is 84.5 Å². The van der Waals surface area contributed by atoms with Crippen LogP contribution in [0.1, 0.15) is 117 Å². The maximum Gasteiger partial charge on any atom is 1.00 e. The Hall–Kier alpha value is 0.870. The first-order valence-electron chi connectivity index (χ1n) is 10.5. The van der Waals surface area contributed by atoms with Crippen LogP contribution in [0, 0.1) is 0 Å². The van der Waals surface area contributed by atoms with Crippen molar-refractivity contribution in [3.8, 4) is 0 Å². The van der Waals surface area contributed by atoms with Crippen molar-refractivity contribution in [2.75, 3.05) is 0 Å². The molecule has 0 aromatic heterocycles. The molecule has 0 saturated heterocycles. The average Bonchev–Trinajstić information content (AvgIpc) is 2.55. The molecule has 0 fully saturated rings. The summed E-state index contributed by atoms with van der Waals surface area (Å²) in [5, 5.41) is 9.21. The van der Waals surface area contributed by atoms with Gasteiger partial charge < -0.3 is 9.66 Å². The summed E-state index contributed by atoms with van der Waals surface area (Å²) in [6.45, 7) is 4.13. The number of rotatable bonds is 18. The molecule has 1 N–H and O–H groups in total. The molecule has 0 heterocycles. The topological polar surface area (TPSA) is 77.4 Å². The molecule has 0 aliphatic rings. The second kappa shape index (κ2) is 19.2. The number of aliphatic hydroxyl groups excluding tert-OH is 1. The fourth-order valence-corrected chi connectivity index (χ4v) is 4.33. The van der Waals surface area contributed by atoms with E-state index in [-0.39, 0.29) is 35.7 Å². The first kappa shape index (κ1) is 29.1. The van der Waals surface area contributed by atoms with Crippen molar-refractivity contribution in [1.82, 2.24) is 0 Å². The van der Waals surface area contributed by atoms with Crippen LogP contribution >= 0.6 is 0 Å². The first-order valence-corrected chi connectivity index (χ1v) is 12.0. The van der Waals surface area contributed by atoms with Crippen LogP contribution in [-0.4, -0.2) is 29.4 Å². The van der Waals surface area contributed by atoms with E-state index in [1.807, 2.05) is 6.92 Å². The summed E-state index contributed by atoms with van der Waals surface area (Å²) in [7, 11) is -4.19. The molecule has 0 rings (SSSR count). The summed E-state index contributed by atoms with van der Waals surface area (Å²) in [6.07, 6.45) is 16.0. The van der Waals surface area contributed by atoms with Crippen LogP contribution < -0.4 is 29.6 Å². The van der Waals surface area contributed by atoms with Gasteiger partial charge in [0.15, 0.2) is 0 Å². The molecule has 0 radical (unpaired) electrons. The van der Waals surface area contributed by atoms with E-state index < -0.39 is 15.4 Å². The van der Waals surface area contributed by atoms with Gasteiger partial charge in [0.25, 0.3) is 0 Å². The smallest absolute Gasteiger partial charge is 0.748 e. The molecule has 0 spiro atoms. The number of aliphatic hydroxyl groups is 1. The van der Waals surface area contributed by atoms with E-state index in [0.29, 0.717) is 32.1 Å². The van der Waals surface area contributed by atoms with Gasteiger partial charge in [0.1, 0.15) is 0 Å². The number of unbranched alkanes of at least 4 members (excludes halogenated alkanes) is 9. The predicted octanol–water partition coefficient (Wildman–Crippen LogP) is 2.55. The molecule has 2 unspecified atom stereocenters. The Kier molecular flexibility index (Phi) is 21.5. The molecule has 26 heavy (non-hydrogen) atoms. The van der Waals surface area contributed by atoms with Crippen LogP contribution in [0.4, 0.5) is 0 Å². The Bertz CT molecular complexity index is 387. The Morgan fingerprint density at radius 2 is 1.15 bits per heavy atom. The van der Waals surface area contributed by atoms with Crippen LogP contribution in [0.15, 0.2) is 0 Å². The maximum atomic E-state index is 11.1. The zero-order valence-electron chi connectivity index (χ0n) is 17.5. The van der Waals surface area contributed by atoms with Crippen LogP contribution in [-0.2, 0) is 10.1 Å². The van der Waals surface area contributed by atoms with Gasteiger partial charge in [-0.05, 0) is 32.1 Å². The monoisotopic (exact) mass is 400 g/mol. The quantitative estimate of drug-likeness (QED) is 0.218. The third-order valence-corrected chi connectivity index (χ3v) is 6.26. The van der Waals surface area contributed by atoms with Crippen molar-refractivity contribution in [2.24, 2.45) is 0 Å². The van der Waals surface area contributed by atoms with Gasteiger partial charge in [0.2, 0.25) is 0 Å². The van der Waals surface area contributed by atoms with E-state index in [0.717, 1.165) is 12.8 Å². The molecular formula is C20H41NaO4S. The Morgan fingerprint density at radius 3 is 1.62 bits per heavy atom. The molecule has 2 atom stereocenters. The van der Waals surface area contributed by atoms with Crippen molar-refractivity contribution in [2.45, 2.75) is 128 Å². The summed E-state index contributed by atoms with van der Waals surface area (Å²) >= 11 is 0. The predicted molar refractivity (Wildman–Crippen MR) is 105 cm³/mol. The second-order valence-electron chi connectivity index (χ2n) is 7.46. The molecule has 0 aromatic rings. The molecule has 0 saturated carbocycles. The van der Waals surface area contributed by atoms with E-state index in [1.165, 1.54) is 57.8 Å². The Balaban J connectivity index is 0. The minimum absolute atomic E-state index is 0. The van der Waals surface area contributed by atoms with E-state index >= 15 is 0 Å². The standard InChI is InChI=1S/C20H42O4S.Na/c1-3-5-6-7-8-9-10-11-12-13-16-19(21)17-14-18-20(15-4-2)25(22,23)24;/h19-21H,3-18H2,1-2H3,(H,22,23,24);/q;+1/p-1. The fourth-order valence-electron chi connectivity index (χ4n) is 3.35. The zero-order valence-corrected chi connectivity index (χ0v) is 20.4. The summed E-state index contributed by atoms with van der Waals surface area (Å²) in [5.74, 6) is 0. The van der Waals surface area contributed by atoms with Crippen LogP contribution in [0.5, 0.6) is 0 Å². The van der Waals surface area contributed by atoms with Crippen LogP contribution in [0.2, 0.25) is 0 Å². The molecular weight excluding hydrogens is 359 g/mol. The van der Waals surface area contributed by atoms with Crippen molar-refractivity contribution in [3.05, 3.63) is 0 Å². The summed E-state index contributed by atoms with van der Waals surface area (Å²) in [4.78, 5) is 0. The van der Waals surface area contributed by atoms with Crippen molar-refractivity contribution in [3.63, 3.8) is 0 Å². The molecule has 0 aliphatic carbocycles. The summed E-state index contributed by atoms with van der Waals surface area (Å²) < 4.78 is 33.4. The molecule has 0 bridgehead atoms. The Labute approximate surface area is 185 Å². The number of hydrogen-bond acceptors (Lipinski definition) is 4. The normalized spacial score (nSPS) is 14.0. The minimum Gasteiger partial charge on any atom is -0.748 e. The Morgan fingerprint density at radius 1 is 0.692 bits per heavy atom. The van der Waals surface area contributed by atoms with Crippen LogP contribution in [0.25, 0.3) is 0 Å². The van der Waals surface area contributed by atoms with E-state index in [4.69, 9.17) is 0 Å². The molecule has 6 heteroatoms. The van der Waals surface area contributed by atoms with E-state index in [2.05, 4.69) is 6.92 Å². The van der Waals surface area contributed by atoms with Gasteiger partial charge in [0.05, 0.1) is 16.2 Å². The molecule has 0 amide bonds. The fraction of sp³-hybridized carbons (Fsp3) is 1.00. The number of hydrogen-bond donors (Lipinski definition) is 1. The average molecular weight is 401 g/mol. The van der Waals surface area contributed by atoms with Crippen molar-refractivity contribution in [1.29, 1.82) is 0 Å². The third kappa shape index (κ3) is 18.2.